The maximum absolute atomic E-state index is 5.17. The summed E-state index contributed by atoms with van der Waals surface area (Å²) < 4.78 is 15.5. The van der Waals surface area contributed by atoms with Crippen LogP contribution >= 0.6 is 0 Å². The Kier molecular flexibility index (Phi) is 9.89. The number of hydrogen-bond acceptors (Lipinski definition) is 4. The molecule has 0 unspecified atom stereocenters. The minimum absolute atomic E-state index is 0.885. The van der Waals surface area contributed by atoms with Crippen molar-refractivity contribution in [2.24, 2.45) is 0 Å². The number of para-hydroxylation sites is 1. The normalized spacial score (nSPS) is 10.7. The number of rotatable bonds is 6. The monoisotopic (exact) mass is 287 g/mol. The summed E-state index contributed by atoms with van der Waals surface area (Å²) in [5.41, 5.74) is 1.22. The van der Waals surface area contributed by atoms with Crippen LogP contribution in [0, 0.1) is 0 Å². The molecule has 0 atom stereocenters. The van der Waals surface area contributed by atoms with Crippen molar-refractivity contribution in [2.75, 3.05) is 26.3 Å². The molecule has 18 heavy (non-hydrogen) atoms. The lowest BCUT2D eigenvalue weighted by Crippen LogP contribution is -2.42. The van der Waals surface area contributed by atoms with E-state index in [1.807, 2.05) is 18.2 Å². The molecule has 0 spiro atoms. The van der Waals surface area contributed by atoms with E-state index in [4.69, 9.17) is 13.3 Å². The highest BCUT2D eigenvalue weighted by molar-refractivity contribution is 6.60. The van der Waals surface area contributed by atoms with Crippen LogP contribution in [0.2, 0.25) is 6.04 Å². The van der Waals surface area contributed by atoms with Crippen LogP contribution in [0.4, 0.5) is 5.69 Å². The SMILES string of the molecule is CCC[Si](OC)(OC)OC.[SiH3]Nc1ccccc1. The van der Waals surface area contributed by atoms with Crippen LogP contribution in [-0.4, -0.2) is 40.5 Å². The minimum atomic E-state index is -2.22. The molecule has 0 aliphatic carbocycles. The molecular formula is C12H25NO3Si2. The molecule has 0 fully saturated rings. The van der Waals surface area contributed by atoms with Gasteiger partial charge in [0.15, 0.2) is 0 Å². The topological polar surface area (TPSA) is 39.7 Å². The second kappa shape index (κ2) is 10.3. The van der Waals surface area contributed by atoms with Crippen LogP contribution in [0.25, 0.3) is 0 Å². The zero-order chi connectivity index (χ0) is 13.9. The van der Waals surface area contributed by atoms with Crippen molar-refractivity contribution in [2.45, 2.75) is 19.4 Å². The summed E-state index contributed by atoms with van der Waals surface area (Å²) in [6.07, 6.45) is 1.03. The Labute approximate surface area is 115 Å². The lowest BCUT2D eigenvalue weighted by molar-refractivity contribution is 0.123. The first kappa shape index (κ1) is 17.3. The first-order valence-electron chi connectivity index (χ1n) is 6.06. The lowest BCUT2D eigenvalue weighted by atomic mass is 10.3. The van der Waals surface area contributed by atoms with Crippen molar-refractivity contribution in [1.29, 1.82) is 0 Å². The first-order valence-corrected chi connectivity index (χ1v) is 8.99. The molecule has 0 radical (unpaired) electrons. The Morgan fingerprint density at radius 2 is 1.56 bits per heavy atom. The molecular weight excluding hydrogens is 262 g/mol. The molecule has 0 saturated carbocycles. The molecule has 0 amide bonds. The van der Waals surface area contributed by atoms with Gasteiger partial charge in [-0.2, -0.15) is 0 Å². The second-order valence-corrected chi connectivity index (χ2v) is 7.25. The maximum Gasteiger partial charge on any atom is 0.500 e. The van der Waals surface area contributed by atoms with Gasteiger partial charge in [-0.05, 0) is 12.1 Å². The summed E-state index contributed by atoms with van der Waals surface area (Å²) in [7, 11) is 3.71. The molecule has 4 nitrogen and oxygen atoms in total. The third kappa shape index (κ3) is 6.32. The highest BCUT2D eigenvalue weighted by Gasteiger charge is 2.36. The van der Waals surface area contributed by atoms with E-state index in [0.29, 0.717) is 0 Å². The summed E-state index contributed by atoms with van der Waals surface area (Å²) in [5, 5.41) is 0. The number of nitrogens with one attached hydrogen (secondary N) is 1. The van der Waals surface area contributed by atoms with E-state index in [1.165, 1.54) is 5.69 Å². The zero-order valence-electron chi connectivity index (χ0n) is 12.0. The van der Waals surface area contributed by atoms with E-state index < -0.39 is 8.80 Å². The molecule has 0 aliphatic heterocycles. The van der Waals surface area contributed by atoms with E-state index in [2.05, 4.69) is 24.0 Å². The Morgan fingerprint density at radius 3 is 1.78 bits per heavy atom. The van der Waals surface area contributed by atoms with Crippen LogP contribution < -0.4 is 4.98 Å². The molecule has 0 bridgehead atoms. The number of benzene rings is 1. The van der Waals surface area contributed by atoms with E-state index in [1.54, 1.807) is 21.3 Å². The van der Waals surface area contributed by atoms with Gasteiger partial charge in [-0.15, -0.1) is 0 Å². The van der Waals surface area contributed by atoms with Gasteiger partial charge < -0.3 is 18.3 Å². The fourth-order valence-electron chi connectivity index (χ4n) is 1.47. The standard InChI is InChI=1S/C6H9NSi.C6H16O3Si/c8-7-6-4-2-1-3-5-6;1-5-6-10(7-2,8-3)9-4/h1-5,7H,8H3;5-6H2,1-4H3. The van der Waals surface area contributed by atoms with Crippen molar-refractivity contribution in [3.05, 3.63) is 30.3 Å². The fourth-order valence-corrected chi connectivity index (χ4v) is 3.53. The van der Waals surface area contributed by atoms with Crippen LogP contribution in [0.15, 0.2) is 30.3 Å². The summed E-state index contributed by atoms with van der Waals surface area (Å²) in [6.45, 7) is 2.08. The third-order valence-corrected chi connectivity index (χ3v) is 6.11. The molecule has 6 heteroatoms. The number of hydrogen-bond donors (Lipinski definition) is 1. The van der Waals surface area contributed by atoms with Crippen molar-refractivity contribution in [3.63, 3.8) is 0 Å². The van der Waals surface area contributed by atoms with Gasteiger partial charge in [-0.3, -0.25) is 0 Å². The van der Waals surface area contributed by atoms with Crippen LogP contribution in [0.1, 0.15) is 13.3 Å². The van der Waals surface area contributed by atoms with Gasteiger partial charge in [0.1, 0.15) is 10.4 Å². The number of anilines is 1. The largest absolute Gasteiger partial charge is 0.500 e. The highest BCUT2D eigenvalue weighted by atomic mass is 28.4. The highest BCUT2D eigenvalue weighted by Crippen LogP contribution is 2.13. The van der Waals surface area contributed by atoms with Crippen LogP contribution in [0.3, 0.4) is 0 Å². The van der Waals surface area contributed by atoms with E-state index in [0.717, 1.165) is 22.9 Å². The molecule has 104 valence electrons. The first-order chi connectivity index (χ1) is 8.67. The lowest BCUT2D eigenvalue weighted by Gasteiger charge is -2.23. The van der Waals surface area contributed by atoms with Gasteiger partial charge >= 0.3 is 8.80 Å². The van der Waals surface area contributed by atoms with Crippen LogP contribution in [0.5, 0.6) is 0 Å². The summed E-state index contributed by atoms with van der Waals surface area (Å²) >= 11 is 0. The molecule has 0 saturated heterocycles. The van der Waals surface area contributed by atoms with Crippen molar-refractivity contribution < 1.29 is 13.3 Å². The summed E-state index contributed by atoms with van der Waals surface area (Å²) in [4.78, 5) is 3.17. The molecule has 0 aromatic heterocycles. The fraction of sp³-hybridized carbons (Fsp3) is 0.500. The quantitative estimate of drug-likeness (QED) is 0.808. The Morgan fingerprint density at radius 1 is 1.06 bits per heavy atom. The van der Waals surface area contributed by atoms with Gasteiger partial charge in [-0.25, -0.2) is 0 Å². The van der Waals surface area contributed by atoms with Crippen LogP contribution in [-0.2, 0) is 13.3 Å². The van der Waals surface area contributed by atoms with Crippen molar-refractivity contribution in [1.82, 2.24) is 0 Å². The minimum Gasteiger partial charge on any atom is -0.419 e. The second-order valence-electron chi connectivity index (χ2n) is 3.66. The molecule has 1 rings (SSSR count). The molecule has 1 N–H and O–H groups in total. The third-order valence-electron chi connectivity index (χ3n) is 2.55. The average molecular weight is 288 g/mol. The van der Waals surface area contributed by atoms with Crippen molar-refractivity contribution >= 4 is 24.9 Å². The van der Waals surface area contributed by atoms with Gasteiger partial charge in [0, 0.05) is 33.1 Å². The zero-order valence-corrected chi connectivity index (χ0v) is 15.0. The Bertz CT molecular complexity index is 286. The van der Waals surface area contributed by atoms with E-state index in [9.17, 15) is 0 Å². The van der Waals surface area contributed by atoms with Gasteiger partial charge in [0.25, 0.3) is 0 Å². The molecule has 1 aromatic rings. The Balaban J connectivity index is 0.000000327. The average Bonchev–Trinajstić information content (AvgIpc) is 2.46. The van der Waals surface area contributed by atoms with Gasteiger partial charge in [0.2, 0.25) is 0 Å². The van der Waals surface area contributed by atoms with Crippen molar-refractivity contribution in [3.8, 4) is 0 Å². The maximum atomic E-state index is 5.17. The molecule has 1 aromatic carbocycles. The van der Waals surface area contributed by atoms with E-state index in [-0.39, 0.29) is 0 Å². The smallest absolute Gasteiger partial charge is 0.419 e. The van der Waals surface area contributed by atoms with E-state index >= 15 is 0 Å². The predicted octanol–water partition coefficient (Wildman–Crippen LogP) is 1.65. The summed E-state index contributed by atoms with van der Waals surface area (Å²) in [6, 6.07) is 11.1. The molecule has 0 aliphatic rings. The summed E-state index contributed by atoms with van der Waals surface area (Å²) in [5.74, 6) is 0. The predicted molar refractivity (Wildman–Crippen MR) is 81.9 cm³/mol. The molecule has 0 heterocycles. The Hall–Kier alpha value is -0.666. The van der Waals surface area contributed by atoms with Gasteiger partial charge in [-0.1, -0.05) is 31.5 Å². The van der Waals surface area contributed by atoms with Gasteiger partial charge in [0.05, 0.1) is 0 Å².